The highest BCUT2D eigenvalue weighted by Gasteiger charge is 2.60. The lowest BCUT2D eigenvalue weighted by molar-refractivity contribution is -0.375. The Labute approximate surface area is 503 Å². The molecule has 1 amide bonds. The number of carbonyl (C=O) groups is 10. The van der Waals surface area contributed by atoms with Gasteiger partial charge in [0.1, 0.15) is 56.4 Å². The van der Waals surface area contributed by atoms with Gasteiger partial charge in [-0.05, 0) is 12.2 Å². The molecule has 0 spiro atoms. The number of rotatable bonds is 38. The Kier molecular flexibility index (Phi) is 35.1. The van der Waals surface area contributed by atoms with Gasteiger partial charge in [-0.1, -0.05) is 103 Å². The predicted octanol–water partition coefficient (Wildman–Crippen LogP) is 5.73. The molecule has 3 heterocycles. The van der Waals surface area contributed by atoms with Gasteiger partial charge in [-0.25, -0.2) is 0 Å². The van der Waals surface area contributed by atoms with Crippen molar-refractivity contribution in [3.05, 3.63) is 0 Å². The van der Waals surface area contributed by atoms with Gasteiger partial charge < -0.3 is 76.4 Å². The van der Waals surface area contributed by atoms with Gasteiger partial charge in [-0.2, -0.15) is 11.8 Å². The third-order valence-corrected chi connectivity index (χ3v) is 14.6. The summed E-state index contributed by atoms with van der Waals surface area (Å²) in [6.07, 6.45) is -3.75. The molecule has 1 N–H and O–H groups in total. The first kappa shape index (κ1) is 74.1. The minimum Gasteiger partial charge on any atom is -0.463 e. The molecule has 27 heteroatoms. The van der Waals surface area contributed by atoms with Crippen molar-refractivity contribution in [1.82, 2.24) is 5.32 Å². The maximum Gasteiger partial charge on any atom is 0.303 e. The van der Waals surface area contributed by atoms with Crippen LogP contribution >= 0.6 is 11.8 Å². The zero-order valence-corrected chi connectivity index (χ0v) is 52.1. The van der Waals surface area contributed by atoms with Crippen molar-refractivity contribution in [2.24, 2.45) is 0 Å². The second kappa shape index (κ2) is 40.3. The van der Waals surface area contributed by atoms with E-state index >= 15 is 0 Å². The molecule has 15 atom stereocenters. The molecule has 3 rings (SSSR count). The summed E-state index contributed by atoms with van der Waals surface area (Å²) in [5.41, 5.74) is 0. The molecule has 0 aromatic carbocycles. The van der Waals surface area contributed by atoms with Crippen LogP contribution in [0.15, 0.2) is 0 Å². The molecule has 3 aliphatic rings. The number of esters is 9. The van der Waals surface area contributed by atoms with Gasteiger partial charge in [0, 0.05) is 75.0 Å². The van der Waals surface area contributed by atoms with Crippen LogP contribution in [0.4, 0.5) is 0 Å². The predicted molar refractivity (Wildman–Crippen MR) is 299 cm³/mol. The average Bonchev–Trinajstić information content (AvgIpc) is 1.71. The molecule has 0 saturated carbocycles. The largest absolute Gasteiger partial charge is 0.463 e. The highest BCUT2D eigenvalue weighted by molar-refractivity contribution is 7.99. The monoisotopic (exact) mass is 1240 g/mol. The first-order valence-corrected chi connectivity index (χ1v) is 30.7. The van der Waals surface area contributed by atoms with Crippen molar-refractivity contribution < 1.29 is 119 Å². The van der Waals surface area contributed by atoms with Gasteiger partial charge in [-0.15, -0.1) is 0 Å². The number of hydrogen-bond donors (Lipinski definition) is 1. The number of unbranched alkanes of at least 4 members (excludes halogenated alkanes) is 15. The standard InChI is InChI=1S/C58H93NO25S/c1-12-13-14-15-16-17-18-19-20-21-22-23-24-25-26-27-29-85-30-28-70-56-47(59-34(2)60)51(75-39(7)65)48(44(80-56)31-71-35(3)61)83-57-55(79-43(11)69)53(77-41(9)67)50(46(82-57)33-73-37(5)63)84-58-54(78-42(10)68)52(76-40(8)66)49(74-38(6)64)45(81-58)32-72-36(4)62/h44-58H,12-33H2,1-11H3,(H,59,60)/t44-,45-,46-,47+,48-,49+,50+,51-,52+,53+,54-,55-,56+,57+,58+/m1/s1. The van der Waals surface area contributed by atoms with E-state index in [2.05, 4.69) is 12.2 Å². The van der Waals surface area contributed by atoms with E-state index in [1.807, 2.05) is 0 Å². The first-order valence-electron chi connectivity index (χ1n) is 29.6. The van der Waals surface area contributed by atoms with E-state index in [4.69, 9.17) is 71.1 Å². The van der Waals surface area contributed by atoms with Crippen molar-refractivity contribution in [2.45, 2.75) is 271 Å². The zero-order valence-electron chi connectivity index (χ0n) is 51.3. The Hall–Kier alpha value is -5.19. The van der Waals surface area contributed by atoms with Crippen LogP contribution in [0.2, 0.25) is 0 Å². The maximum absolute atomic E-state index is 13.2. The SMILES string of the molecule is CCCCCCCCCCCCCCCCCCSCCO[C@H]1O[C@H](COC(C)=O)[C@@H](O[C@@H]2O[C@H](COC(C)=O)[C@H](O[C@@H]3O[C@H](COC(C)=O)[C@H](OC(C)=O)[C@H](OC(C)=O)[C@H]3OC(C)=O)[C@H](OC(C)=O)[C@H]2OC(C)=O)[C@H](OC(C)=O)[C@@H]1NC(C)=O. The average molecular weight is 1240 g/mol. The molecular weight excluding hydrogens is 1140 g/mol. The fourth-order valence-corrected chi connectivity index (χ4v) is 10.9. The Morgan fingerprint density at radius 3 is 1.05 bits per heavy atom. The molecule has 0 aromatic heterocycles. The smallest absolute Gasteiger partial charge is 0.303 e. The summed E-state index contributed by atoms with van der Waals surface area (Å²) >= 11 is 1.66. The van der Waals surface area contributed by atoms with E-state index in [1.165, 1.54) is 90.4 Å². The van der Waals surface area contributed by atoms with Gasteiger partial charge in [0.15, 0.2) is 55.5 Å². The molecule has 0 bridgehead atoms. The van der Waals surface area contributed by atoms with Crippen molar-refractivity contribution in [1.29, 1.82) is 0 Å². The van der Waals surface area contributed by atoms with Crippen LogP contribution in [0.1, 0.15) is 179 Å². The lowest BCUT2D eigenvalue weighted by atomic mass is 9.94. The molecule has 0 aliphatic carbocycles. The quantitative estimate of drug-likeness (QED) is 0.0438. The highest BCUT2D eigenvalue weighted by Crippen LogP contribution is 2.38. The number of hydrogen-bond acceptors (Lipinski definition) is 26. The molecule has 3 aliphatic heterocycles. The molecule has 0 radical (unpaired) electrons. The summed E-state index contributed by atoms with van der Waals surface area (Å²) in [6.45, 7) is 10.9. The van der Waals surface area contributed by atoms with Crippen LogP contribution in [-0.2, 0) is 119 Å². The third-order valence-electron chi connectivity index (χ3n) is 13.6. The Bertz CT molecular complexity index is 2110. The van der Waals surface area contributed by atoms with Gasteiger partial charge in [-0.3, -0.25) is 47.9 Å². The van der Waals surface area contributed by atoms with E-state index in [0.717, 1.165) is 87.3 Å². The van der Waals surface area contributed by atoms with E-state index in [0.29, 0.717) is 5.75 Å². The molecule has 85 heavy (non-hydrogen) atoms. The number of nitrogens with one attached hydrogen (secondary N) is 1. The molecule has 0 unspecified atom stereocenters. The number of ether oxygens (including phenoxy) is 15. The summed E-state index contributed by atoms with van der Waals surface area (Å²) in [7, 11) is 0. The topological polar surface area (TPSA) is 321 Å². The van der Waals surface area contributed by atoms with Crippen LogP contribution in [0.25, 0.3) is 0 Å². The van der Waals surface area contributed by atoms with Gasteiger partial charge in [0.25, 0.3) is 0 Å². The van der Waals surface area contributed by atoms with E-state index < -0.39 is 172 Å². The summed E-state index contributed by atoms with van der Waals surface area (Å²) in [5.74, 6) is -7.46. The molecule has 0 aromatic rings. The molecular formula is C58H93NO25S. The Morgan fingerprint density at radius 1 is 0.353 bits per heavy atom. The van der Waals surface area contributed by atoms with Crippen LogP contribution in [0.3, 0.4) is 0 Å². The Morgan fingerprint density at radius 2 is 0.671 bits per heavy atom. The summed E-state index contributed by atoms with van der Waals surface area (Å²) in [4.78, 5) is 127. The molecule has 486 valence electrons. The van der Waals surface area contributed by atoms with Crippen LogP contribution in [0.5, 0.6) is 0 Å². The van der Waals surface area contributed by atoms with Crippen LogP contribution < -0.4 is 5.32 Å². The summed E-state index contributed by atoms with van der Waals surface area (Å²) < 4.78 is 88.5. The van der Waals surface area contributed by atoms with Crippen LogP contribution in [0, 0.1) is 0 Å². The highest BCUT2D eigenvalue weighted by atomic mass is 32.2. The summed E-state index contributed by atoms with van der Waals surface area (Å²) in [5, 5.41) is 2.72. The third kappa shape index (κ3) is 28.5. The Balaban J connectivity index is 1.95. The fraction of sp³-hybridized carbons (Fsp3) is 0.828. The van der Waals surface area contributed by atoms with Gasteiger partial charge in [0.05, 0.1) is 6.61 Å². The first-order chi connectivity index (χ1) is 40.4. The second-order valence-corrected chi connectivity index (χ2v) is 22.4. The second-order valence-electron chi connectivity index (χ2n) is 21.2. The van der Waals surface area contributed by atoms with Crippen molar-refractivity contribution in [2.75, 3.05) is 37.9 Å². The van der Waals surface area contributed by atoms with Gasteiger partial charge in [0.2, 0.25) is 5.91 Å². The number of amides is 1. The minimum atomic E-state index is -1.97. The lowest BCUT2D eigenvalue weighted by Crippen LogP contribution is -2.70. The molecule has 26 nitrogen and oxygen atoms in total. The van der Waals surface area contributed by atoms with E-state index in [9.17, 15) is 47.9 Å². The zero-order chi connectivity index (χ0) is 63.0. The molecule has 3 fully saturated rings. The van der Waals surface area contributed by atoms with Crippen molar-refractivity contribution >= 4 is 71.4 Å². The normalized spacial score (nSPS) is 27.3. The van der Waals surface area contributed by atoms with E-state index in [-0.39, 0.29) is 6.61 Å². The molecule has 3 saturated heterocycles. The number of thioether (sulfide) groups is 1. The van der Waals surface area contributed by atoms with E-state index in [1.54, 1.807) is 11.8 Å². The number of carbonyl (C=O) groups excluding carboxylic acids is 10. The lowest BCUT2D eigenvalue weighted by Gasteiger charge is -2.50. The van der Waals surface area contributed by atoms with Crippen LogP contribution in [-0.4, -0.2) is 190 Å². The maximum atomic E-state index is 13.2. The van der Waals surface area contributed by atoms with Gasteiger partial charge >= 0.3 is 53.7 Å². The fourth-order valence-electron chi connectivity index (χ4n) is 10.1. The van der Waals surface area contributed by atoms with Crippen molar-refractivity contribution in [3.8, 4) is 0 Å². The van der Waals surface area contributed by atoms with Crippen molar-refractivity contribution in [3.63, 3.8) is 0 Å². The summed E-state index contributed by atoms with van der Waals surface area (Å²) in [6, 6.07) is -1.33. The minimum absolute atomic E-state index is 0.103.